The first kappa shape index (κ1) is 21.8. The van der Waals surface area contributed by atoms with E-state index in [2.05, 4.69) is 11.6 Å². The third kappa shape index (κ3) is 9.73. The maximum Gasteiger partial charge on any atom is 0.232 e. The number of hydrogen-bond donors (Lipinski definition) is 1. The monoisotopic (exact) mass is 368 g/mol. The minimum Gasteiger partial charge on any atom is -0.376 e. The standard InChI is InChI=1S/C20H36N2O2S/c1-4-5-6-7-8-9-10-11-12-15-18-25(23,24)21-19-16-13-14-17-20(19)22(2)3/h13-14,16-17,21H,4-12,15,18H2,1-3H3. The lowest BCUT2D eigenvalue weighted by molar-refractivity contribution is 0.558. The Hall–Kier alpha value is -1.23. The van der Waals surface area contributed by atoms with Gasteiger partial charge in [0.25, 0.3) is 0 Å². The van der Waals surface area contributed by atoms with Crippen molar-refractivity contribution in [3.8, 4) is 0 Å². The molecule has 1 aromatic carbocycles. The first-order valence-corrected chi connectivity index (χ1v) is 11.4. The van der Waals surface area contributed by atoms with Gasteiger partial charge in [0.15, 0.2) is 0 Å². The zero-order chi connectivity index (χ0) is 18.5. The predicted molar refractivity (Wildman–Crippen MR) is 110 cm³/mol. The van der Waals surface area contributed by atoms with Gasteiger partial charge in [0.1, 0.15) is 0 Å². The zero-order valence-electron chi connectivity index (χ0n) is 16.3. The average Bonchev–Trinajstić information content (AvgIpc) is 2.56. The van der Waals surface area contributed by atoms with Crippen LogP contribution in [-0.4, -0.2) is 28.3 Å². The maximum absolute atomic E-state index is 12.3. The molecule has 0 aliphatic heterocycles. The second-order valence-electron chi connectivity index (χ2n) is 7.01. The number of rotatable bonds is 14. The van der Waals surface area contributed by atoms with Gasteiger partial charge in [-0.1, -0.05) is 76.8 Å². The van der Waals surface area contributed by atoms with Crippen LogP contribution in [0.25, 0.3) is 0 Å². The van der Waals surface area contributed by atoms with Crippen molar-refractivity contribution < 1.29 is 8.42 Å². The van der Waals surface area contributed by atoms with Gasteiger partial charge < -0.3 is 4.90 Å². The lowest BCUT2D eigenvalue weighted by Gasteiger charge is -2.18. The van der Waals surface area contributed by atoms with Crippen LogP contribution in [0.2, 0.25) is 0 Å². The van der Waals surface area contributed by atoms with Gasteiger partial charge >= 0.3 is 0 Å². The average molecular weight is 369 g/mol. The van der Waals surface area contributed by atoms with Crippen LogP contribution in [0.4, 0.5) is 11.4 Å². The van der Waals surface area contributed by atoms with Gasteiger partial charge in [-0.05, 0) is 18.6 Å². The Morgan fingerprint density at radius 1 is 0.840 bits per heavy atom. The van der Waals surface area contributed by atoms with Crippen LogP contribution in [0.15, 0.2) is 24.3 Å². The minimum absolute atomic E-state index is 0.200. The van der Waals surface area contributed by atoms with Gasteiger partial charge in [0.2, 0.25) is 10.0 Å². The van der Waals surface area contributed by atoms with Crippen LogP contribution in [0.1, 0.15) is 71.1 Å². The lowest BCUT2D eigenvalue weighted by Crippen LogP contribution is -2.19. The summed E-state index contributed by atoms with van der Waals surface area (Å²) in [4.78, 5) is 1.92. The molecule has 0 radical (unpaired) electrons. The molecule has 5 heteroatoms. The summed E-state index contributed by atoms with van der Waals surface area (Å²) in [6.07, 6.45) is 12.0. The number of nitrogens with zero attached hydrogens (tertiary/aromatic N) is 1. The third-order valence-corrected chi connectivity index (χ3v) is 5.77. The van der Waals surface area contributed by atoms with E-state index in [9.17, 15) is 8.42 Å². The van der Waals surface area contributed by atoms with E-state index in [-0.39, 0.29) is 5.75 Å². The summed E-state index contributed by atoms with van der Waals surface area (Å²) >= 11 is 0. The van der Waals surface area contributed by atoms with Gasteiger partial charge in [0, 0.05) is 14.1 Å². The van der Waals surface area contributed by atoms with Crippen molar-refractivity contribution >= 4 is 21.4 Å². The van der Waals surface area contributed by atoms with E-state index in [4.69, 9.17) is 0 Å². The van der Waals surface area contributed by atoms with Gasteiger partial charge in [-0.15, -0.1) is 0 Å². The van der Waals surface area contributed by atoms with Gasteiger partial charge in [0.05, 0.1) is 17.1 Å². The Morgan fingerprint density at radius 2 is 1.36 bits per heavy atom. The summed E-state index contributed by atoms with van der Waals surface area (Å²) in [5.74, 6) is 0.200. The lowest BCUT2D eigenvalue weighted by atomic mass is 10.1. The van der Waals surface area contributed by atoms with Crippen molar-refractivity contribution in [2.45, 2.75) is 71.1 Å². The first-order chi connectivity index (χ1) is 12.0. The summed E-state index contributed by atoms with van der Waals surface area (Å²) in [5, 5.41) is 0. The van der Waals surface area contributed by atoms with Crippen molar-refractivity contribution in [3.05, 3.63) is 24.3 Å². The molecule has 0 unspecified atom stereocenters. The first-order valence-electron chi connectivity index (χ1n) is 9.73. The van der Waals surface area contributed by atoms with Gasteiger partial charge in [-0.2, -0.15) is 0 Å². The Morgan fingerprint density at radius 3 is 1.92 bits per heavy atom. The Kier molecular flexibility index (Phi) is 10.6. The third-order valence-electron chi connectivity index (χ3n) is 4.42. The number of hydrogen-bond acceptors (Lipinski definition) is 3. The zero-order valence-corrected chi connectivity index (χ0v) is 17.1. The molecule has 1 aromatic rings. The molecule has 0 fully saturated rings. The fourth-order valence-electron chi connectivity index (χ4n) is 2.95. The molecule has 0 spiro atoms. The second kappa shape index (κ2) is 12.2. The summed E-state index contributed by atoms with van der Waals surface area (Å²) in [6, 6.07) is 7.49. The number of anilines is 2. The molecule has 0 heterocycles. The highest BCUT2D eigenvalue weighted by Crippen LogP contribution is 2.24. The van der Waals surface area contributed by atoms with E-state index >= 15 is 0 Å². The summed E-state index contributed by atoms with van der Waals surface area (Å²) in [5.41, 5.74) is 1.54. The smallest absolute Gasteiger partial charge is 0.232 e. The SMILES string of the molecule is CCCCCCCCCCCCS(=O)(=O)Nc1ccccc1N(C)C. The quantitative estimate of drug-likeness (QED) is 0.446. The maximum atomic E-state index is 12.3. The molecule has 0 aliphatic rings. The normalized spacial score (nSPS) is 11.5. The van der Waals surface area contributed by atoms with Crippen molar-refractivity contribution in [3.63, 3.8) is 0 Å². The largest absolute Gasteiger partial charge is 0.376 e. The van der Waals surface area contributed by atoms with Crippen molar-refractivity contribution in [1.29, 1.82) is 0 Å². The number of para-hydroxylation sites is 2. The van der Waals surface area contributed by atoms with E-state index in [1.165, 1.54) is 44.9 Å². The van der Waals surface area contributed by atoms with Crippen molar-refractivity contribution in [2.24, 2.45) is 0 Å². The van der Waals surface area contributed by atoms with Crippen molar-refractivity contribution in [2.75, 3.05) is 29.5 Å². The summed E-state index contributed by atoms with van der Waals surface area (Å²) in [7, 11) is 0.549. The van der Waals surface area contributed by atoms with Crippen LogP contribution < -0.4 is 9.62 Å². The fourth-order valence-corrected chi connectivity index (χ4v) is 4.14. The van der Waals surface area contributed by atoms with E-state index in [1.54, 1.807) is 0 Å². The topological polar surface area (TPSA) is 49.4 Å². The number of nitrogens with one attached hydrogen (secondary N) is 1. The van der Waals surface area contributed by atoms with Crippen molar-refractivity contribution in [1.82, 2.24) is 0 Å². The Labute approximate surface area is 155 Å². The molecule has 0 aromatic heterocycles. The molecule has 1 rings (SSSR count). The molecule has 0 saturated heterocycles. The molecule has 1 N–H and O–H groups in total. The summed E-state index contributed by atoms with van der Waals surface area (Å²) < 4.78 is 27.3. The van der Waals surface area contributed by atoms with Crippen LogP contribution in [0, 0.1) is 0 Å². The van der Waals surface area contributed by atoms with E-state index in [1.807, 2.05) is 43.3 Å². The van der Waals surface area contributed by atoms with E-state index in [0.717, 1.165) is 24.9 Å². The molecule has 0 bridgehead atoms. The van der Waals surface area contributed by atoms with Crippen LogP contribution in [-0.2, 0) is 10.0 Å². The highest BCUT2D eigenvalue weighted by Gasteiger charge is 2.13. The van der Waals surface area contributed by atoms with Gasteiger partial charge in [-0.25, -0.2) is 8.42 Å². The Bertz CT molecular complexity index is 571. The molecule has 0 aliphatic carbocycles. The highest BCUT2D eigenvalue weighted by atomic mass is 32.2. The van der Waals surface area contributed by atoms with Crippen LogP contribution in [0.5, 0.6) is 0 Å². The number of unbranched alkanes of at least 4 members (excludes halogenated alkanes) is 9. The highest BCUT2D eigenvalue weighted by molar-refractivity contribution is 7.92. The summed E-state index contributed by atoms with van der Waals surface area (Å²) in [6.45, 7) is 2.24. The molecule has 25 heavy (non-hydrogen) atoms. The molecule has 0 saturated carbocycles. The van der Waals surface area contributed by atoms with Crippen LogP contribution >= 0.6 is 0 Å². The molecule has 144 valence electrons. The van der Waals surface area contributed by atoms with E-state index < -0.39 is 10.0 Å². The molecule has 4 nitrogen and oxygen atoms in total. The number of sulfonamides is 1. The number of benzene rings is 1. The molecular formula is C20H36N2O2S. The van der Waals surface area contributed by atoms with Gasteiger partial charge in [-0.3, -0.25) is 4.72 Å². The molecular weight excluding hydrogens is 332 g/mol. The second-order valence-corrected chi connectivity index (χ2v) is 8.86. The predicted octanol–water partition coefficient (Wildman–Crippen LogP) is 5.42. The van der Waals surface area contributed by atoms with Crippen LogP contribution in [0.3, 0.4) is 0 Å². The van der Waals surface area contributed by atoms with E-state index in [0.29, 0.717) is 5.69 Å². The molecule has 0 atom stereocenters. The minimum atomic E-state index is -3.28. The molecule has 0 amide bonds. The fraction of sp³-hybridized carbons (Fsp3) is 0.700. The Balaban J connectivity index is 2.22.